The van der Waals surface area contributed by atoms with E-state index in [1.165, 1.54) is 7.11 Å². The summed E-state index contributed by atoms with van der Waals surface area (Å²) in [4.78, 5) is 38.4. The maximum atomic E-state index is 12.8. The summed E-state index contributed by atoms with van der Waals surface area (Å²) in [5.41, 5.74) is 3.02. The van der Waals surface area contributed by atoms with Crippen LogP contribution in [0, 0.1) is 0 Å². The Morgan fingerprint density at radius 3 is 2.36 bits per heavy atom. The van der Waals surface area contributed by atoms with Crippen LogP contribution in [0.1, 0.15) is 57.1 Å². The second-order valence-corrected chi connectivity index (χ2v) is 7.73. The van der Waals surface area contributed by atoms with Crippen LogP contribution < -0.4 is 10.6 Å². The summed E-state index contributed by atoms with van der Waals surface area (Å²) in [6.07, 6.45) is -0.0740. The number of para-hydroxylation sites is 1. The number of nitrogens with zero attached hydrogens (tertiary/aromatic N) is 1. The zero-order valence-corrected chi connectivity index (χ0v) is 17.4. The molecule has 1 aliphatic heterocycles. The van der Waals surface area contributed by atoms with Crippen molar-refractivity contribution in [1.82, 2.24) is 10.2 Å². The van der Waals surface area contributed by atoms with Gasteiger partial charge in [0, 0.05) is 18.8 Å². The fourth-order valence-electron chi connectivity index (χ4n) is 3.47. The van der Waals surface area contributed by atoms with E-state index in [-0.39, 0.29) is 36.6 Å². The first-order valence-electron chi connectivity index (χ1n) is 9.75. The van der Waals surface area contributed by atoms with Crippen molar-refractivity contribution in [2.75, 3.05) is 32.1 Å². The van der Waals surface area contributed by atoms with Crippen molar-refractivity contribution >= 4 is 23.5 Å². The molecule has 0 aliphatic carbocycles. The van der Waals surface area contributed by atoms with Crippen LogP contribution in [0.5, 0.6) is 0 Å². The first-order chi connectivity index (χ1) is 13.2. The molecule has 0 saturated carbocycles. The first-order valence-corrected chi connectivity index (χ1v) is 9.75. The summed E-state index contributed by atoms with van der Waals surface area (Å²) in [5.74, 6) is -0.391. The number of piperazine rings is 1. The van der Waals surface area contributed by atoms with Crippen LogP contribution in [0.2, 0.25) is 0 Å². The van der Waals surface area contributed by atoms with Gasteiger partial charge in [-0.3, -0.25) is 19.3 Å². The molecule has 1 atom stereocenters. The number of carbonyl (C=O) groups excluding carboxylic acids is 3. The average molecular weight is 389 g/mol. The third-order valence-corrected chi connectivity index (χ3v) is 5.01. The van der Waals surface area contributed by atoms with Gasteiger partial charge in [0.2, 0.25) is 11.8 Å². The minimum Gasteiger partial charge on any atom is -0.469 e. The van der Waals surface area contributed by atoms with E-state index in [0.717, 1.165) is 16.8 Å². The molecule has 0 spiro atoms. The van der Waals surface area contributed by atoms with E-state index in [9.17, 15) is 14.4 Å². The van der Waals surface area contributed by atoms with E-state index in [2.05, 4.69) is 43.1 Å². The van der Waals surface area contributed by atoms with Crippen molar-refractivity contribution in [1.29, 1.82) is 0 Å². The Hall–Kier alpha value is -2.41. The zero-order valence-electron chi connectivity index (χ0n) is 17.4. The van der Waals surface area contributed by atoms with Crippen LogP contribution in [0.25, 0.3) is 0 Å². The molecule has 154 valence electrons. The summed E-state index contributed by atoms with van der Waals surface area (Å²) in [6.45, 7) is 9.37. The number of hydrogen-bond donors (Lipinski definition) is 2. The molecular weight excluding hydrogens is 358 g/mol. The lowest BCUT2D eigenvalue weighted by Crippen LogP contribution is -2.57. The van der Waals surface area contributed by atoms with Gasteiger partial charge in [0.25, 0.3) is 0 Å². The van der Waals surface area contributed by atoms with Crippen LogP contribution >= 0.6 is 0 Å². The molecule has 0 radical (unpaired) electrons. The highest BCUT2D eigenvalue weighted by molar-refractivity contribution is 5.95. The van der Waals surface area contributed by atoms with Gasteiger partial charge in [-0.15, -0.1) is 0 Å². The average Bonchev–Trinajstić information content (AvgIpc) is 2.64. The van der Waals surface area contributed by atoms with E-state index in [4.69, 9.17) is 0 Å². The molecule has 0 unspecified atom stereocenters. The molecule has 0 bridgehead atoms. The summed E-state index contributed by atoms with van der Waals surface area (Å²) >= 11 is 0. The molecule has 1 heterocycles. The van der Waals surface area contributed by atoms with Gasteiger partial charge in [0.1, 0.15) is 6.04 Å². The van der Waals surface area contributed by atoms with Gasteiger partial charge in [-0.25, -0.2) is 0 Å². The van der Waals surface area contributed by atoms with E-state index in [0.29, 0.717) is 13.1 Å². The van der Waals surface area contributed by atoms with Crippen LogP contribution in [0.4, 0.5) is 5.69 Å². The molecule has 2 rings (SSSR count). The van der Waals surface area contributed by atoms with E-state index in [1.54, 1.807) is 4.90 Å². The van der Waals surface area contributed by atoms with Crippen molar-refractivity contribution in [3.8, 4) is 0 Å². The van der Waals surface area contributed by atoms with Crippen molar-refractivity contribution in [2.24, 2.45) is 0 Å². The number of hydrogen-bond acceptors (Lipinski definition) is 5. The molecule has 1 saturated heterocycles. The van der Waals surface area contributed by atoms with Gasteiger partial charge >= 0.3 is 5.97 Å². The minimum atomic E-state index is -0.697. The minimum absolute atomic E-state index is 0.0407. The molecule has 7 heteroatoms. The summed E-state index contributed by atoms with van der Waals surface area (Å²) in [6, 6.07) is 5.37. The van der Waals surface area contributed by atoms with Gasteiger partial charge in [0.05, 0.1) is 20.1 Å². The van der Waals surface area contributed by atoms with Gasteiger partial charge < -0.3 is 15.4 Å². The highest BCUT2D eigenvalue weighted by atomic mass is 16.5. The number of methoxy groups -OCH3 is 1. The predicted octanol–water partition coefficient (Wildman–Crippen LogP) is 2.24. The smallest absolute Gasteiger partial charge is 0.307 e. The number of ether oxygens (including phenoxy) is 1. The van der Waals surface area contributed by atoms with Crippen molar-refractivity contribution in [3.05, 3.63) is 29.3 Å². The second kappa shape index (κ2) is 9.68. The lowest BCUT2D eigenvalue weighted by molar-refractivity contribution is -0.146. The third kappa shape index (κ3) is 5.32. The Morgan fingerprint density at radius 2 is 1.82 bits per heavy atom. The summed E-state index contributed by atoms with van der Waals surface area (Å²) in [5, 5.41) is 5.81. The first kappa shape index (κ1) is 21.9. The number of benzene rings is 1. The van der Waals surface area contributed by atoms with E-state index in [1.807, 2.05) is 18.2 Å². The fraction of sp³-hybridized carbons (Fsp3) is 0.571. The monoisotopic (exact) mass is 389 g/mol. The second-order valence-electron chi connectivity index (χ2n) is 7.73. The predicted molar refractivity (Wildman–Crippen MR) is 108 cm³/mol. The Morgan fingerprint density at radius 1 is 1.21 bits per heavy atom. The molecule has 1 aromatic carbocycles. The molecule has 1 fully saturated rings. The lowest BCUT2D eigenvalue weighted by atomic mass is 9.92. The molecule has 2 amide bonds. The fourth-order valence-corrected chi connectivity index (χ4v) is 3.47. The number of rotatable bonds is 7. The maximum absolute atomic E-state index is 12.8. The molecule has 0 aromatic heterocycles. The zero-order chi connectivity index (χ0) is 20.8. The van der Waals surface area contributed by atoms with Crippen LogP contribution in [-0.4, -0.2) is 55.5 Å². The number of nitrogens with one attached hydrogen (secondary N) is 2. The molecule has 1 aliphatic rings. The molecule has 28 heavy (non-hydrogen) atoms. The molecular formula is C21H31N3O4. The Kier molecular flexibility index (Phi) is 7.57. The Bertz CT molecular complexity index is 704. The quantitative estimate of drug-likeness (QED) is 0.699. The van der Waals surface area contributed by atoms with Gasteiger partial charge in [0.15, 0.2) is 0 Å². The highest BCUT2D eigenvalue weighted by Gasteiger charge is 2.33. The van der Waals surface area contributed by atoms with Gasteiger partial charge in [-0.05, 0) is 23.0 Å². The van der Waals surface area contributed by atoms with Crippen molar-refractivity contribution in [3.63, 3.8) is 0 Å². The topological polar surface area (TPSA) is 87.7 Å². The summed E-state index contributed by atoms with van der Waals surface area (Å²) in [7, 11) is 1.29. The Labute approximate surface area is 166 Å². The number of esters is 1. The number of amides is 2. The number of carbonyl (C=O) groups is 3. The molecule has 7 nitrogen and oxygen atoms in total. The van der Waals surface area contributed by atoms with Crippen LogP contribution in [0.3, 0.4) is 0 Å². The maximum Gasteiger partial charge on any atom is 0.307 e. The standard InChI is InChI=1S/C21H31N3O4/c1-13(2)15-7-6-8-16(14(3)4)20(15)23-18(25)12-24-10-9-22-21(27)17(24)11-19(26)28-5/h6-8,13-14,17H,9-12H2,1-5H3,(H,22,27)(H,23,25)/t17-/m0/s1. The van der Waals surface area contributed by atoms with Crippen LogP contribution in [0.15, 0.2) is 18.2 Å². The third-order valence-electron chi connectivity index (χ3n) is 5.01. The largest absolute Gasteiger partial charge is 0.469 e. The van der Waals surface area contributed by atoms with E-state index >= 15 is 0 Å². The molecule has 2 N–H and O–H groups in total. The number of anilines is 1. The molecule has 1 aromatic rings. The summed E-state index contributed by atoms with van der Waals surface area (Å²) < 4.78 is 4.69. The van der Waals surface area contributed by atoms with Gasteiger partial charge in [-0.1, -0.05) is 45.9 Å². The van der Waals surface area contributed by atoms with Crippen molar-refractivity contribution < 1.29 is 19.1 Å². The Balaban J connectivity index is 2.19. The van der Waals surface area contributed by atoms with Crippen molar-refractivity contribution in [2.45, 2.75) is 52.0 Å². The highest BCUT2D eigenvalue weighted by Crippen LogP contribution is 2.32. The normalized spacial score (nSPS) is 17.5. The van der Waals surface area contributed by atoms with Crippen LogP contribution in [-0.2, 0) is 19.1 Å². The van der Waals surface area contributed by atoms with E-state index < -0.39 is 12.0 Å². The lowest BCUT2D eigenvalue weighted by Gasteiger charge is -2.34. The van der Waals surface area contributed by atoms with Gasteiger partial charge in [-0.2, -0.15) is 0 Å². The SMILES string of the molecule is COC(=O)C[C@H]1C(=O)NCCN1CC(=O)Nc1c(C(C)C)cccc1C(C)C.